The van der Waals surface area contributed by atoms with Crippen LogP contribution in [0.5, 0.6) is 0 Å². The first-order chi connectivity index (χ1) is 23.0. The molecule has 0 rings (SSSR count). The predicted molar refractivity (Wildman–Crippen MR) is 182 cm³/mol. The fourth-order valence-corrected chi connectivity index (χ4v) is 2.86. The second-order valence-electron chi connectivity index (χ2n) is 9.73. The second-order valence-corrected chi connectivity index (χ2v) is 10.00. The molecule has 3 atom stereocenters. The number of primary amides is 2. The van der Waals surface area contributed by atoms with Gasteiger partial charge in [-0.2, -0.15) is 0 Å². The summed E-state index contributed by atoms with van der Waals surface area (Å²) in [4.78, 5) is 105. The number of hydrogen-bond acceptors (Lipinski definition) is 10. The number of amides is 8. The molecule has 13 N–H and O–H groups in total. The molecular weight excluding hydrogens is 670 g/mol. The lowest BCUT2D eigenvalue weighted by atomic mass is 10.1. The number of aliphatic carboxylic acids is 1. The highest BCUT2D eigenvalue weighted by molar-refractivity contribution is 6.27. The Labute approximate surface area is 292 Å². The molecule has 0 aliphatic heterocycles. The molecular formula is C29H56ClN9O10. The van der Waals surface area contributed by atoms with E-state index in [-0.39, 0.29) is 12.8 Å². The van der Waals surface area contributed by atoms with Crippen LogP contribution in [-0.4, -0.2) is 109 Å². The van der Waals surface area contributed by atoms with Crippen LogP contribution in [0, 0.1) is 0 Å². The van der Waals surface area contributed by atoms with Crippen LogP contribution in [0.15, 0.2) is 0 Å². The molecule has 0 aliphatic rings. The molecule has 0 saturated heterocycles. The van der Waals surface area contributed by atoms with Gasteiger partial charge in [0.05, 0.1) is 26.1 Å². The third kappa shape index (κ3) is 33.2. The van der Waals surface area contributed by atoms with Gasteiger partial charge < -0.3 is 54.2 Å². The highest BCUT2D eigenvalue weighted by Gasteiger charge is 2.28. The molecule has 20 heteroatoms. The number of halogens is 1. The standard InChI is InChI=1S/C20H31ClN8O10.C4H11N.C3H8.C2H6/c1-9(18(23)37)27-16(34)8-25-14(32)6-24-15(33)7-26-19(38)10(2-3-12(22)30)29-20(39)11(4-17(35)36)28-13(31)5-21;1-2-3-4-5;1-3-2;1-2/h9-11H,2-8H2,1H3,(H2,22,30)(H2,23,37)(H,24,33)(H,25,32)(H,26,38)(H,27,34)(H,28,31)(H,29,39)(H,35,36);2-5H2,1H3;3H2,1-2H3;1-2H3. The highest BCUT2D eigenvalue weighted by Crippen LogP contribution is 2.01. The highest BCUT2D eigenvalue weighted by atomic mass is 35.5. The van der Waals surface area contributed by atoms with Crippen molar-refractivity contribution in [1.29, 1.82) is 0 Å². The largest absolute Gasteiger partial charge is 0.481 e. The SMILES string of the molecule is CC.CC(NC(=O)CNC(=O)CNC(=O)CNC(=O)C(CCC(N)=O)NC(=O)C(CC(=O)O)NC(=O)CCl)C(N)=O.CCC.CCCCN. The molecule has 0 aromatic rings. The van der Waals surface area contributed by atoms with E-state index < -0.39 is 103 Å². The van der Waals surface area contributed by atoms with Crippen LogP contribution in [0.4, 0.5) is 0 Å². The maximum Gasteiger partial charge on any atom is 0.305 e. The van der Waals surface area contributed by atoms with Crippen molar-refractivity contribution >= 4 is 64.8 Å². The minimum absolute atomic E-state index is 0.323. The first kappa shape index (κ1) is 51.3. The number of rotatable bonds is 20. The summed E-state index contributed by atoms with van der Waals surface area (Å²) in [7, 11) is 0. The lowest BCUT2D eigenvalue weighted by molar-refractivity contribution is -0.141. The molecule has 19 nitrogen and oxygen atoms in total. The van der Waals surface area contributed by atoms with E-state index in [2.05, 4.69) is 52.7 Å². The van der Waals surface area contributed by atoms with Crippen LogP contribution in [0.3, 0.4) is 0 Å². The van der Waals surface area contributed by atoms with Crippen LogP contribution in [0.25, 0.3) is 0 Å². The van der Waals surface area contributed by atoms with E-state index in [4.69, 9.17) is 33.9 Å². The van der Waals surface area contributed by atoms with Gasteiger partial charge in [0.1, 0.15) is 24.0 Å². The summed E-state index contributed by atoms with van der Waals surface area (Å²) in [6.45, 7) is 10.8. The molecule has 284 valence electrons. The Bertz CT molecular complexity index is 1050. The van der Waals surface area contributed by atoms with E-state index in [0.717, 1.165) is 6.54 Å². The normalized spacial score (nSPS) is 11.3. The van der Waals surface area contributed by atoms with Crippen molar-refractivity contribution < 1.29 is 48.3 Å². The number of nitrogens with one attached hydrogen (secondary N) is 6. The number of carbonyl (C=O) groups excluding carboxylic acids is 8. The Morgan fingerprint density at radius 1 is 0.714 bits per heavy atom. The third-order valence-electron chi connectivity index (χ3n) is 5.14. The maximum absolute atomic E-state index is 12.5. The van der Waals surface area contributed by atoms with Crippen molar-refractivity contribution in [2.45, 2.75) is 98.2 Å². The first-order valence-electron chi connectivity index (χ1n) is 15.7. The van der Waals surface area contributed by atoms with Crippen molar-refractivity contribution in [3.05, 3.63) is 0 Å². The van der Waals surface area contributed by atoms with E-state index in [1.54, 1.807) is 0 Å². The molecule has 0 heterocycles. The third-order valence-corrected chi connectivity index (χ3v) is 5.38. The van der Waals surface area contributed by atoms with Crippen molar-refractivity contribution in [2.24, 2.45) is 17.2 Å². The van der Waals surface area contributed by atoms with Gasteiger partial charge in [-0.05, 0) is 26.3 Å². The van der Waals surface area contributed by atoms with Gasteiger partial charge in [-0.25, -0.2) is 0 Å². The Kier molecular flexibility index (Phi) is 35.0. The Hall–Kier alpha value is -4.52. The van der Waals surface area contributed by atoms with Gasteiger partial charge in [0.15, 0.2) is 0 Å². The van der Waals surface area contributed by atoms with Gasteiger partial charge in [-0.1, -0.05) is 47.5 Å². The summed E-state index contributed by atoms with van der Waals surface area (Å²) in [5.41, 5.74) is 15.2. The molecule has 0 aromatic carbocycles. The average Bonchev–Trinajstić information content (AvgIpc) is 3.04. The van der Waals surface area contributed by atoms with E-state index in [1.165, 1.54) is 26.2 Å². The Balaban J connectivity index is -0.000000890. The maximum atomic E-state index is 12.5. The molecule has 0 aromatic heterocycles. The number of carbonyl (C=O) groups is 9. The number of alkyl halides is 1. The molecule has 3 unspecified atom stereocenters. The van der Waals surface area contributed by atoms with Crippen molar-refractivity contribution in [3.8, 4) is 0 Å². The topological polar surface area (TPSA) is 324 Å². The summed E-state index contributed by atoms with van der Waals surface area (Å²) < 4.78 is 0. The fraction of sp³-hybridized carbons (Fsp3) is 0.690. The number of nitrogens with two attached hydrogens (primary N) is 3. The van der Waals surface area contributed by atoms with Gasteiger partial charge in [-0.3, -0.25) is 43.2 Å². The van der Waals surface area contributed by atoms with E-state index in [9.17, 15) is 43.2 Å². The summed E-state index contributed by atoms with van der Waals surface area (Å²) in [6.07, 6.45) is 2.11. The predicted octanol–water partition coefficient (Wildman–Crippen LogP) is -2.54. The van der Waals surface area contributed by atoms with Crippen LogP contribution in [-0.2, 0) is 43.2 Å². The van der Waals surface area contributed by atoms with Gasteiger partial charge >= 0.3 is 5.97 Å². The van der Waals surface area contributed by atoms with Crippen LogP contribution in [0.1, 0.15) is 80.1 Å². The molecule has 0 aliphatic carbocycles. The van der Waals surface area contributed by atoms with Crippen LogP contribution in [0.2, 0.25) is 0 Å². The summed E-state index contributed by atoms with van der Waals surface area (Å²) in [5.74, 6) is -8.80. The smallest absolute Gasteiger partial charge is 0.305 e. The zero-order valence-corrected chi connectivity index (χ0v) is 30.0. The number of carboxylic acids is 1. The lowest BCUT2D eigenvalue weighted by Gasteiger charge is -2.22. The molecule has 0 fully saturated rings. The number of hydrogen-bond donors (Lipinski definition) is 10. The minimum Gasteiger partial charge on any atom is -0.481 e. The van der Waals surface area contributed by atoms with E-state index in [1.807, 2.05) is 13.8 Å². The van der Waals surface area contributed by atoms with Gasteiger partial charge in [-0.15, -0.1) is 11.6 Å². The summed E-state index contributed by atoms with van der Waals surface area (Å²) in [5, 5.41) is 22.0. The van der Waals surface area contributed by atoms with Gasteiger partial charge in [0.2, 0.25) is 47.3 Å². The summed E-state index contributed by atoms with van der Waals surface area (Å²) >= 11 is 5.35. The van der Waals surface area contributed by atoms with Crippen LogP contribution < -0.4 is 49.1 Å². The second kappa shape index (κ2) is 33.4. The Morgan fingerprint density at radius 2 is 1.20 bits per heavy atom. The number of unbranched alkanes of at least 4 members (excludes halogenated alkanes) is 1. The van der Waals surface area contributed by atoms with Gasteiger partial charge in [0.25, 0.3) is 0 Å². The zero-order chi connectivity index (χ0) is 38.9. The van der Waals surface area contributed by atoms with Crippen molar-refractivity contribution in [2.75, 3.05) is 32.1 Å². The van der Waals surface area contributed by atoms with Crippen molar-refractivity contribution in [3.63, 3.8) is 0 Å². The molecule has 0 spiro atoms. The quantitative estimate of drug-likeness (QED) is 0.0583. The monoisotopic (exact) mass is 725 g/mol. The average molecular weight is 726 g/mol. The Morgan fingerprint density at radius 3 is 1.59 bits per heavy atom. The van der Waals surface area contributed by atoms with E-state index in [0.29, 0.717) is 0 Å². The molecule has 0 radical (unpaired) electrons. The zero-order valence-electron chi connectivity index (χ0n) is 29.2. The first-order valence-corrected chi connectivity index (χ1v) is 16.3. The minimum atomic E-state index is -1.60. The molecule has 8 amide bonds. The van der Waals surface area contributed by atoms with E-state index >= 15 is 0 Å². The molecule has 0 bridgehead atoms. The summed E-state index contributed by atoms with van der Waals surface area (Å²) in [6, 6.07) is -4.01. The molecule has 0 saturated carbocycles. The number of carboxylic acid groups (broad SMARTS) is 1. The van der Waals surface area contributed by atoms with Crippen molar-refractivity contribution in [1.82, 2.24) is 31.9 Å². The van der Waals surface area contributed by atoms with Gasteiger partial charge in [0, 0.05) is 6.42 Å². The van der Waals surface area contributed by atoms with Crippen LogP contribution >= 0.6 is 11.6 Å². The fourth-order valence-electron chi connectivity index (χ4n) is 2.79. The molecule has 49 heavy (non-hydrogen) atoms. The lowest BCUT2D eigenvalue weighted by Crippen LogP contribution is -2.55.